The van der Waals surface area contributed by atoms with Crippen molar-refractivity contribution in [2.75, 3.05) is 0 Å². The van der Waals surface area contributed by atoms with Gasteiger partial charge in [0.1, 0.15) is 0 Å². The minimum Gasteiger partial charge on any atom is -0.326 e. The molecule has 0 aliphatic heterocycles. The molecular weight excluding hydrogens is 192 g/mol. The maximum Gasteiger partial charge on any atom is 0.275 e. The highest BCUT2D eigenvalue weighted by molar-refractivity contribution is 6.31. The molecule has 0 aliphatic carbocycles. The number of hydrogen-bond acceptors (Lipinski definition) is 3. The number of nitrogens with two attached hydrogens (primary N) is 1. The lowest BCUT2D eigenvalue weighted by molar-refractivity contribution is -0.385. The number of nitro benzene ring substituents is 1. The Bertz CT molecular complexity index is 352. The zero-order chi connectivity index (χ0) is 10.0. The Morgan fingerprint density at radius 3 is 2.69 bits per heavy atom. The Morgan fingerprint density at radius 1 is 1.62 bits per heavy atom. The average Bonchev–Trinajstić information content (AvgIpc) is 2.02. The lowest BCUT2D eigenvalue weighted by Crippen LogP contribution is -2.03. The van der Waals surface area contributed by atoms with Crippen LogP contribution in [-0.2, 0) is 6.54 Å². The Labute approximate surface area is 80.5 Å². The molecule has 1 aromatic rings. The van der Waals surface area contributed by atoms with E-state index in [0.717, 1.165) is 5.56 Å². The molecule has 2 N–H and O–H groups in total. The summed E-state index contributed by atoms with van der Waals surface area (Å²) >= 11 is 5.79. The van der Waals surface area contributed by atoms with E-state index in [4.69, 9.17) is 17.3 Å². The molecule has 5 heteroatoms. The quantitative estimate of drug-likeness (QED) is 0.587. The van der Waals surface area contributed by atoms with Crippen LogP contribution in [0.25, 0.3) is 0 Å². The van der Waals surface area contributed by atoms with Crippen molar-refractivity contribution in [2.24, 2.45) is 5.73 Å². The molecule has 0 saturated heterocycles. The molecule has 13 heavy (non-hydrogen) atoms. The molecular formula is C8H9ClN2O2. The van der Waals surface area contributed by atoms with Gasteiger partial charge in [-0.2, -0.15) is 0 Å². The Morgan fingerprint density at radius 2 is 2.23 bits per heavy atom. The highest BCUT2D eigenvalue weighted by Crippen LogP contribution is 2.27. The average molecular weight is 201 g/mol. The third-order valence-electron chi connectivity index (χ3n) is 1.72. The first-order chi connectivity index (χ1) is 6.06. The van der Waals surface area contributed by atoms with Gasteiger partial charge in [-0.15, -0.1) is 0 Å². The third kappa shape index (κ3) is 1.96. The highest BCUT2D eigenvalue weighted by atomic mass is 35.5. The van der Waals surface area contributed by atoms with Crippen molar-refractivity contribution in [3.05, 3.63) is 38.4 Å². The van der Waals surface area contributed by atoms with E-state index < -0.39 is 4.92 Å². The van der Waals surface area contributed by atoms with Crippen LogP contribution in [0.15, 0.2) is 12.1 Å². The predicted octanol–water partition coefficient (Wildman–Crippen LogP) is 2.02. The topological polar surface area (TPSA) is 69.2 Å². The van der Waals surface area contributed by atoms with Gasteiger partial charge in [0.2, 0.25) is 0 Å². The second-order valence-corrected chi connectivity index (χ2v) is 3.11. The molecule has 0 aromatic heterocycles. The molecule has 0 amide bonds. The van der Waals surface area contributed by atoms with Crippen molar-refractivity contribution in [1.82, 2.24) is 0 Å². The second kappa shape index (κ2) is 3.72. The fourth-order valence-electron chi connectivity index (χ4n) is 1.12. The molecule has 4 nitrogen and oxygen atoms in total. The summed E-state index contributed by atoms with van der Waals surface area (Å²) in [6.07, 6.45) is 0. The van der Waals surface area contributed by atoms with Crippen LogP contribution >= 0.6 is 11.6 Å². The maximum atomic E-state index is 10.6. The van der Waals surface area contributed by atoms with Gasteiger partial charge in [-0.25, -0.2) is 0 Å². The van der Waals surface area contributed by atoms with E-state index in [0.29, 0.717) is 10.6 Å². The van der Waals surface area contributed by atoms with Crippen LogP contribution in [-0.4, -0.2) is 4.92 Å². The van der Waals surface area contributed by atoms with Gasteiger partial charge < -0.3 is 5.73 Å². The predicted molar refractivity (Wildman–Crippen MR) is 50.7 cm³/mol. The Kier molecular flexibility index (Phi) is 2.85. The number of rotatable bonds is 2. The lowest BCUT2D eigenvalue weighted by atomic mass is 10.1. The van der Waals surface area contributed by atoms with E-state index in [1.165, 1.54) is 6.07 Å². The summed E-state index contributed by atoms with van der Waals surface area (Å²) in [5.74, 6) is 0. The molecule has 0 aliphatic rings. The van der Waals surface area contributed by atoms with Crippen LogP contribution in [0.1, 0.15) is 11.1 Å². The molecule has 1 rings (SSSR count). The molecule has 0 fully saturated rings. The standard InChI is InChI=1S/C8H9ClN2O2/c1-5-2-7(9)6(4-10)8(3-5)11(12)13/h2-3H,4,10H2,1H3. The van der Waals surface area contributed by atoms with E-state index in [9.17, 15) is 10.1 Å². The second-order valence-electron chi connectivity index (χ2n) is 2.71. The van der Waals surface area contributed by atoms with Crippen LogP contribution < -0.4 is 5.73 Å². The molecule has 0 heterocycles. The summed E-state index contributed by atoms with van der Waals surface area (Å²) in [5.41, 5.74) is 6.49. The van der Waals surface area contributed by atoms with Gasteiger partial charge in [-0.05, 0) is 18.6 Å². The summed E-state index contributed by atoms with van der Waals surface area (Å²) in [7, 11) is 0. The van der Waals surface area contributed by atoms with Crippen molar-refractivity contribution < 1.29 is 4.92 Å². The summed E-state index contributed by atoms with van der Waals surface area (Å²) in [6.45, 7) is 1.83. The van der Waals surface area contributed by atoms with Gasteiger partial charge in [0.15, 0.2) is 0 Å². The number of benzene rings is 1. The van der Waals surface area contributed by atoms with Gasteiger partial charge >= 0.3 is 0 Å². The van der Waals surface area contributed by atoms with Gasteiger partial charge in [0, 0.05) is 12.6 Å². The molecule has 0 spiro atoms. The number of halogens is 1. The highest BCUT2D eigenvalue weighted by Gasteiger charge is 2.15. The zero-order valence-electron chi connectivity index (χ0n) is 7.08. The van der Waals surface area contributed by atoms with Crippen molar-refractivity contribution in [1.29, 1.82) is 0 Å². The fraction of sp³-hybridized carbons (Fsp3) is 0.250. The van der Waals surface area contributed by atoms with Crippen molar-refractivity contribution in [2.45, 2.75) is 13.5 Å². The molecule has 0 atom stereocenters. The summed E-state index contributed by atoms with van der Waals surface area (Å²) in [5, 5.41) is 10.9. The Hall–Kier alpha value is -1.13. The largest absolute Gasteiger partial charge is 0.326 e. The minimum absolute atomic E-state index is 0.00694. The number of aryl methyl sites for hydroxylation is 1. The molecule has 70 valence electrons. The number of nitrogens with zero attached hydrogens (tertiary/aromatic N) is 1. The van der Waals surface area contributed by atoms with Crippen LogP contribution in [0.5, 0.6) is 0 Å². The monoisotopic (exact) mass is 200 g/mol. The van der Waals surface area contributed by atoms with Crippen LogP contribution in [0.2, 0.25) is 5.02 Å². The van der Waals surface area contributed by atoms with Crippen molar-refractivity contribution >= 4 is 17.3 Å². The molecule has 1 aromatic carbocycles. The Balaban J connectivity index is 3.38. The summed E-state index contributed by atoms with van der Waals surface area (Å²) in [4.78, 5) is 10.1. The SMILES string of the molecule is Cc1cc(Cl)c(CN)c([N+](=O)[O-])c1. The van der Waals surface area contributed by atoms with E-state index >= 15 is 0 Å². The number of hydrogen-bond donors (Lipinski definition) is 1. The first-order valence-corrected chi connectivity index (χ1v) is 4.07. The van der Waals surface area contributed by atoms with Gasteiger partial charge in [0.05, 0.1) is 15.5 Å². The third-order valence-corrected chi connectivity index (χ3v) is 2.05. The summed E-state index contributed by atoms with van der Waals surface area (Å²) in [6, 6.07) is 3.13. The van der Waals surface area contributed by atoms with Gasteiger partial charge in [0.25, 0.3) is 5.69 Å². The van der Waals surface area contributed by atoms with E-state index in [1.54, 1.807) is 13.0 Å². The zero-order valence-corrected chi connectivity index (χ0v) is 7.84. The van der Waals surface area contributed by atoms with E-state index in [-0.39, 0.29) is 12.2 Å². The molecule has 0 saturated carbocycles. The van der Waals surface area contributed by atoms with Crippen LogP contribution in [0.4, 0.5) is 5.69 Å². The normalized spacial score (nSPS) is 10.1. The minimum atomic E-state index is -0.471. The van der Waals surface area contributed by atoms with Crippen LogP contribution in [0.3, 0.4) is 0 Å². The van der Waals surface area contributed by atoms with E-state index in [1.807, 2.05) is 0 Å². The van der Waals surface area contributed by atoms with Crippen molar-refractivity contribution in [3.63, 3.8) is 0 Å². The first kappa shape index (κ1) is 9.95. The van der Waals surface area contributed by atoms with Crippen LogP contribution in [0, 0.1) is 17.0 Å². The molecule has 0 bridgehead atoms. The molecule has 0 unspecified atom stereocenters. The summed E-state index contributed by atoms with van der Waals surface area (Å²) < 4.78 is 0. The fourth-order valence-corrected chi connectivity index (χ4v) is 1.46. The van der Waals surface area contributed by atoms with E-state index in [2.05, 4.69) is 0 Å². The first-order valence-electron chi connectivity index (χ1n) is 3.69. The molecule has 0 radical (unpaired) electrons. The lowest BCUT2D eigenvalue weighted by Gasteiger charge is -2.03. The van der Waals surface area contributed by atoms with Gasteiger partial charge in [-0.1, -0.05) is 11.6 Å². The van der Waals surface area contributed by atoms with Crippen molar-refractivity contribution in [3.8, 4) is 0 Å². The maximum absolute atomic E-state index is 10.6. The smallest absolute Gasteiger partial charge is 0.275 e. The number of nitro groups is 1. The van der Waals surface area contributed by atoms with Gasteiger partial charge in [-0.3, -0.25) is 10.1 Å².